The zero-order valence-corrected chi connectivity index (χ0v) is 29.7. The van der Waals surface area contributed by atoms with Gasteiger partial charge in [0.15, 0.2) is 0 Å². The van der Waals surface area contributed by atoms with Gasteiger partial charge in [0.05, 0.1) is 15.6 Å². The smallest absolute Gasteiger partial charge is 0.264 e. The molecule has 1 atom stereocenters. The molecule has 0 aliphatic rings. The van der Waals surface area contributed by atoms with Crippen LogP contribution in [0.15, 0.2) is 106 Å². The van der Waals surface area contributed by atoms with Gasteiger partial charge in [-0.1, -0.05) is 113 Å². The molecular weight excluding hydrogens is 709 g/mol. The van der Waals surface area contributed by atoms with Crippen molar-refractivity contribution in [1.29, 1.82) is 0 Å². The average Bonchev–Trinajstić information content (AvgIpc) is 3.03. The quantitative estimate of drug-likeness (QED) is 0.152. The molecule has 0 aromatic heterocycles. The fraction of sp³-hybridized carbons (Fsp3) is 0.257. The number of sulfonamides is 1. The second kappa shape index (κ2) is 16.0. The summed E-state index contributed by atoms with van der Waals surface area (Å²) in [6, 6.07) is 26.6. The Balaban J connectivity index is 1.82. The number of amides is 2. The molecule has 2 amide bonds. The molecule has 0 aliphatic heterocycles. The Morgan fingerprint density at radius 2 is 1.52 bits per heavy atom. The maximum Gasteiger partial charge on any atom is 0.264 e. The van der Waals surface area contributed by atoms with Crippen molar-refractivity contribution in [2.24, 2.45) is 5.92 Å². The molecule has 242 valence electrons. The van der Waals surface area contributed by atoms with E-state index in [0.717, 1.165) is 25.5 Å². The first-order valence-corrected chi connectivity index (χ1v) is 17.7. The fourth-order valence-electron chi connectivity index (χ4n) is 4.79. The molecule has 0 saturated carbocycles. The van der Waals surface area contributed by atoms with Gasteiger partial charge in [0.2, 0.25) is 11.8 Å². The zero-order chi connectivity index (χ0) is 33.4. The van der Waals surface area contributed by atoms with Crippen molar-refractivity contribution < 1.29 is 18.0 Å². The minimum Gasteiger partial charge on any atom is -0.354 e. The van der Waals surface area contributed by atoms with Crippen LogP contribution in [-0.2, 0) is 32.6 Å². The molecule has 0 fully saturated rings. The summed E-state index contributed by atoms with van der Waals surface area (Å²) in [7, 11) is -4.31. The van der Waals surface area contributed by atoms with Gasteiger partial charge in [0, 0.05) is 29.0 Å². The van der Waals surface area contributed by atoms with E-state index in [9.17, 15) is 18.0 Å². The first kappa shape index (κ1) is 35.5. The predicted octanol–water partition coefficient (Wildman–Crippen LogP) is 7.67. The number of rotatable bonds is 13. The normalized spacial score (nSPS) is 12.1. The number of nitrogens with zero attached hydrogens (tertiary/aromatic N) is 2. The number of hydrogen-bond acceptors (Lipinski definition) is 4. The van der Waals surface area contributed by atoms with Gasteiger partial charge in [0.1, 0.15) is 12.6 Å². The summed E-state index contributed by atoms with van der Waals surface area (Å²) in [5, 5.41) is 3.33. The van der Waals surface area contributed by atoms with Crippen LogP contribution in [0.5, 0.6) is 0 Å². The molecule has 1 N–H and O–H groups in total. The Morgan fingerprint density at radius 3 is 2.15 bits per heavy atom. The molecule has 0 radical (unpaired) electrons. The van der Waals surface area contributed by atoms with Gasteiger partial charge in [-0.2, -0.15) is 0 Å². The number of carbonyl (C=O) groups excluding carboxylic acids is 2. The van der Waals surface area contributed by atoms with Crippen molar-refractivity contribution in [3.63, 3.8) is 0 Å². The lowest BCUT2D eigenvalue weighted by Gasteiger charge is -2.34. The van der Waals surface area contributed by atoms with Crippen LogP contribution in [0.3, 0.4) is 0 Å². The molecule has 46 heavy (non-hydrogen) atoms. The summed E-state index contributed by atoms with van der Waals surface area (Å²) in [6.07, 6.45) is 0.218. The van der Waals surface area contributed by atoms with Crippen molar-refractivity contribution in [3.05, 3.63) is 128 Å². The van der Waals surface area contributed by atoms with Crippen LogP contribution in [0.4, 0.5) is 5.69 Å². The second-order valence-corrected chi connectivity index (χ2v) is 15.0. The topological polar surface area (TPSA) is 86.8 Å². The molecule has 0 heterocycles. The number of halogens is 3. The van der Waals surface area contributed by atoms with E-state index in [4.69, 9.17) is 23.2 Å². The van der Waals surface area contributed by atoms with E-state index in [2.05, 4.69) is 21.2 Å². The van der Waals surface area contributed by atoms with Crippen LogP contribution in [0.2, 0.25) is 10.0 Å². The van der Waals surface area contributed by atoms with Gasteiger partial charge in [-0.3, -0.25) is 13.9 Å². The van der Waals surface area contributed by atoms with Gasteiger partial charge in [-0.25, -0.2) is 8.42 Å². The zero-order valence-electron chi connectivity index (χ0n) is 25.8. The number of anilines is 1. The van der Waals surface area contributed by atoms with Gasteiger partial charge in [0.25, 0.3) is 10.0 Å². The molecule has 7 nitrogen and oxygen atoms in total. The lowest BCUT2D eigenvalue weighted by molar-refractivity contribution is -0.140. The lowest BCUT2D eigenvalue weighted by atomic mass is 10.0. The van der Waals surface area contributed by atoms with Crippen LogP contribution < -0.4 is 9.62 Å². The highest BCUT2D eigenvalue weighted by Gasteiger charge is 2.35. The number of benzene rings is 4. The van der Waals surface area contributed by atoms with Crippen LogP contribution in [0.25, 0.3) is 0 Å². The summed E-state index contributed by atoms with van der Waals surface area (Å²) in [4.78, 5) is 29.8. The van der Waals surface area contributed by atoms with E-state index in [1.807, 2.05) is 75.4 Å². The third-order valence-corrected chi connectivity index (χ3v) is 10.1. The van der Waals surface area contributed by atoms with E-state index in [1.54, 1.807) is 18.2 Å². The monoisotopic (exact) mass is 743 g/mol. The van der Waals surface area contributed by atoms with Crippen LogP contribution in [0.1, 0.15) is 30.5 Å². The lowest BCUT2D eigenvalue weighted by Crippen LogP contribution is -2.53. The molecule has 4 rings (SSSR count). The third kappa shape index (κ3) is 9.35. The van der Waals surface area contributed by atoms with E-state index in [0.29, 0.717) is 6.54 Å². The Labute approximate surface area is 289 Å². The summed E-state index contributed by atoms with van der Waals surface area (Å²) in [6.45, 7) is 5.66. The molecule has 0 bridgehead atoms. The van der Waals surface area contributed by atoms with Crippen molar-refractivity contribution in [2.75, 3.05) is 17.4 Å². The van der Waals surface area contributed by atoms with Crippen LogP contribution >= 0.6 is 39.1 Å². The van der Waals surface area contributed by atoms with Gasteiger partial charge in [-0.05, 0) is 66.4 Å². The SMILES string of the molecule is Cc1ccc(S(=O)(=O)N(CC(=O)N(Cc2ccc(Br)cc2)[C@H](Cc2ccccc2)C(=O)NCC(C)C)c2cc(Cl)ccc2Cl)cc1. The minimum absolute atomic E-state index is 0.0167. The van der Waals surface area contributed by atoms with E-state index >= 15 is 0 Å². The van der Waals surface area contributed by atoms with Gasteiger partial charge in [-0.15, -0.1) is 0 Å². The van der Waals surface area contributed by atoms with Gasteiger partial charge >= 0.3 is 0 Å². The average molecular weight is 746 g/mol. The summed E-state index contributed by atoms with van der Waals surface area (Å²) in [5.74, 6) is -0.746. The first-order valence-electron chi connectivity index (χ1n) is 14.7. The highest BCUT2D eigenvalue weighted by atomic mass is 79.9. The maximum atomic E-state index is 14.6. The molecule has 0 spiro atoms. The maximum absolute atomic E-state index is 14.6. The predicted molar refractivity (Wildman–Crippen MR) is 189 cm³/mol. The largest absolute Gasteiger partial charge is 0.354 e. The van der Waals surface area contributed by atoms with Crippen molar-refractivity contribution in [3.8, 4) is 0 Å². The van der Waals surface area contributed by atoms with Crippen molar-refractivity contribution in [2.45, 2.75) is 44.7 Å². The van der Waals surface area contributed by atoms with Crippen molar-refractivity contribution in [1.82, 2.24) is 10.2 Å². The molecule has 0 saturated heterocycles. The fourth-order valence-corrected chi connectivity index (χ4v) is 6.92. The van der Waals surface area contributed by atoms with E-state index in [-0.39, 0.29) is 45.4 Å². The molecule has 4 aromatic carbocycles. The number of carbonyl (C=O) groups is 2. The number of aryl methyl sites for hydroxylation is 1. The van der Waals surface area contributed by atoms with E-state index < -0.39 is 28.5 Å². The van der Waals surface area contributed by atoms with Gasteiger partial charge < -0.3 is 10.2 Å². The Hall–Kier alpha value is -3.37. The Bertz CT molecular complexity index is 1750. The highest BCUT2D eigenvalue weighted by Crippen LogP contribution is 2.33. The molecule has 0 unspecified atom stereocenters. The van der Waals surface area contributed by atoms with Crippen LogP contribution in [-0.4, -0.2) is 44.3 Å². The second-order valence-electron chi connectivity index (χ2n) is 11.4. The molecule has 11 heteroatoms. The summed E-state index contributed by atoms with van der Waals surface area (Å²) >= 11 is 16.3. The molecule has 0 aliphatic carbocycles. The first-order chi connectivity index (χ1) is 21.8. The number of nitrogens with one attached hydrogen (secondary N) is 1. The minimum atomic E-state index is -4.31. The third-order valence-electron chi connectivity index (χ3n) is 7.29. The number of hydrogen-bond donors (Lipinski definition) is 1. The summed E-state index contributed by atoms with van der Waals surface area (Å²) in [5.41, 5.74) is 2.54. The van der Waals surface area contributed by atoms with Crippen LogP contribution in [0, 0.1) is 12.8 Å². The Morgan fingerprint density at radius 1 is 0.870 bits per heavy atom. The standard InChI is InChI=1S/C35H36BrCl2N3O4S/c1-24(2)21-39-35(43)33(19-26-7-5-4-6-8-26)40(22-27-11-13-28(36)14-12-27)34(42)23-41(32-20-29(37)15-18-31(32)38)46(44,45)30-16-9-25(3)10-17-30/h4-18,20,24,33H,19,21-23H2,1-3H3,(H,39,43)/t33-/m1/s1. The summed E-state index contributed by atoms with van der Waals surface area (Å²) < 4.78 is 30.2. The molecule has 4 aromatic rings. The highest BCUT2D eigenvalue weighted by molar-refractivity contribution is 9.10. The Kier molecular flexibility index (Phi) is 12.3. The molecular formula is C35H36BrCl2N3O4S. The van der Waals surface area contributed by atoms with Crippen molar-refractivity contribution >= 4 is 66.7 Å². The van der Waals surface area contributed by atoms with E-state index in [1.165, 1.54) is 29.2 Å².